The monoisotopic (exact) mass is 391 g/mol. The summed E-state index contributed by atoms with van der Waals surface area (Å²) in [5.74, 6) is -0.699. The Morgan fingerprint density at radius 3 is 2.61 bits per heavy atom. The maximum atomic E-state index is 13.8. The molecule has 2 heterocycles. The fourth-order valence-electron chi connectivity index (χ4n) is 2.94. The van der Waals surface area contributed by atoms with Gasteiger partial charge in [0.1, 0.15) is 5.82 Å². The van der Waals surface area contributed by atoms with Crippen molar-refractivity contribution in [2.24, 2.45) is 0 Å². The second kappa shape index (κ2) is 7.74. The standard InChI is InChI=1S/C22H15ClFN3O/c23-15-8-9-19-16(11-15)17(12-21(27-19)20-7-3-4-10-25-20)22(28)26-13-14-5-1-2-6-18(14)24/h1-12H,13H2,(H,26,28). The topological polar surface area (TPSA) is 54.9 Å². The predicted octanol–water partition coefficient (Wildman–Crippen LogP) is 5.02. The Balaban J connectivity index is 1.74. The molecule has 1 N–H and O–H groups in total. The Labute approximate surface area is 166 Å². The Morgan fingerprint density at radius 2 is 1.82 bits per heavy atom. The minimum atomic E-state index is -0.361. The van der Waals surface area contributed by atoms with Crippen molar-refractivity contribution in [1.82, 2.24) is 15.3 Å². The van der Waals surface area contributed by atoms with Crippen LogP contribution >= 0.6 is 11.6 Å². The first-order chi connectivity index (χ1) is 13.6. The van der Waals surface area contributed by atoms with Crippen LogP contribution in [0.25, 0.3) is 22.3 Å². The zero-order chi connectivity index (χ0) is 19.5. The molecule has 0 aliphatic rings. The van der Waals surface area contributed by atoms with Gasteiger partial charge in [0.2, 0.25) is 0 Å². The molecule has 6 heteroatoms. The van der Waals surface area contributed by atoms with E-state index < -0.39 is 0 Å². The van der Waals surface area contributed by atoms with Crippen LogP contribution in [0.15, 0.2) is 72.9 Å². The third-order valence-corrected chi connectivity index (χ3v) is 4.58. The van der Waals surface area contributed by atoms with Crippen LogP contribution in [0, 0.1) is 5.82 Å². The summed E-state index contributed by atoms with van der Waals surface area (Å²) in [7, 11) is 0. The number of benzene rings is 2. The van der Waals surface area contributed by atoms with Crippen LogP contribution in [0.3, 0.4) is 0 Å². The van der Waals surface area contributed by atoms with Crippen LogP contribution in [-0.2, 0) is 6.54 Å². The van der Waals surface area contributed by atoms with E-state index in [1.165, 1.54) is 6.07 Å². The number of hydrogen-bond donors (Lipinski definition) is 1. The number of amides is 1. The first kappa shape index (κ1) is 18.1. The van der Waals surface area contributed by atoms with Crippen molar-refractivity contribution < 1.29 is 9.18 Å². The first-order valence-electron chi connectivity index (χ1n) is 8.65. The summed E-state index contributed by atoms with van der Waals surface area (Å²) in [6, 6.07) is 18.7. The van der Waals surface area contributed by atoms with Crippen molar-refractivity contribution in [2.45, 2.75) is 6.54 Å². The van der Waals surface area contributed by atoms with Crippen molar-refractivity contribution in [3.8, 4) is 11.4 Å². The van der Waals surface area contributed by atoms with Crippen LogP contribution in [0.4, 0.5) is 4.39 Å². The quantitative estimate of drug-likeness (QED) is 0.531. The van der Waals surface area contributed by atoms with E-state index in [9.17, 15) is 9.18 Å². The van der Waals surface area contributed by atoms with Gasteiger partial charge in [0.25, 0.3) is 5.91 Å². The maximum Gasteiger partial charge on any atom is 0.252 e. The summed E-state index contributed by atoms with van der Waals surface area (Å²) in [6.07, 6.45) is 1.67. The zero-order valence-electron chi connectivity index (χ0n) is 14.7. The average molecular weight is 392 g/mol. The molecule has 0 saturated carbocycles. The Kier molecular flexibility index (Phi) is 5.00. The van der Waals surface area contributed by atoms with Gasteiger partial charge in [-0.2, -0.15) is 0 Å². The number of nitrogens with zero attached hydrogens (tertiary/aromatic N) is 2. The lowest BCUT2D eigenvalue weighted by atomic mass is 10.1. The van der Waals surface area contributed by atoms with Gasteiger partial charge in [-0.15, -0.1) is 0 Å². The minimum absolute atomic E-state index is 0.0782. The molecule has 4 rings (SSSR count). The molecule has 0 spiro atoms. The molecule has 0 bridgehead atoms. The highest BCUT2D eigenvalue weighted by Gasteiger charge is 2.15. The van der Waals surface area contributed by atoms with E-state index in [0.717, 1.165) is 0 Å². The number of nitrogens with one attached hydrogen (secondary N) is 1. The van der Waals surface area contributed by atoms with Gasteiger partial charge in [0.05, 0.1) is 22.5 Å². The molecule has 0 aliphatic heterocycles. The van der Waals surface area contributed by atoms with E-state index in [2.05, 4.69) is 15.3 Å². The number of rotatable bonds is 4. The SMILES string of the molecule is O=C(NCc1ccccc1F)c1cc(-c2ccccn2)nc2ccc(Cl)cc12. The summed E-state index contributed by atoms with van der Waals surface area (Å²) in [4.78, 5) is 21.8. The van der Waals surface area contributed by atoms with Crippen molar-refractivity contribution in [3.05, 3.63) is 94.9 Å². The van der Waals surface area contributed by atoms with Gasteiger partial charge in [0.15, 0.2) is 0 Å². The van der Waals surface area contributed by atoms with Gasteiger partial charge < -0.3 is 5.32 Å². The van der Waals surface area contributed by atoms with E-state index >= 15 is 0 Å². The van der Waals surface area contributed by atoms with Crippen molar-refractivity contribution in [3.63, 3.8) is 0 Å². The fourth-order valence-corrected chi connectivity index (χ4v) is 3.12. The van der Waals surface area contributed by atoms with E-state index in [0.29, 0.717) is 38.4 Å². The third kappa shape index (κ3) is 3.70. The number of pyridine rings is 2. The van der Waals surface area contributed by atoms with Crippen LogP contribution in [0.2, 0.25) is 5.02 Å². The second-order valence-electron chi connectivity index (χ2n) is 6.21. The number of aromatic nitrogens is 2. The van der Waals surface area contributed by atoms with E-state index in [1.54, 1.807) is 48.7 Å². The van der Waals surface area contributed by atoms with E-state index in [-0.39, 0.29) is 18.3 Å². The molecule has 2 aromatic heterocycles. The molecule has 2 aromatic carbocycles. The molecule has 138 valence electrons. The number of hydrogen-bond acceptors (Lipinski definition) is 3. The lowest BCUT2D eigenvalue weighted by molar-refractivity contribution is 0.0952. The normalized spacial score (nSPS) is 10.8. The minimum Gasteiger partial charge on any atom is -0.348 e. The molecular formula is C22H15ClFN3O. The van der Waals surface area contributed by atoms with Crippen LogP contribution in [-0.4, -0.2) is 15.9 Å². The molecule has 0 fully saturated rings. The number of fused-ring (bicyclic) bond motifs is 1. The lowest BCUT2D eigenvalue weighted by Gasteiger charge is -2.11. The van der Waals surface area contributed by atoms with Gasteiger partial charge in [0, 0.05) is 28.7 Å². The van der Waals surface area contributed by atoms with Gasteiger partial charge in [-0.05, 0) is 42.5 Å². The summed E-state index contributed by atoms with van der Waals surface area (Å²) in [6.45, 7) is 0.0782. The van der Waals surface area contributed by atoms with Gasteiger partial charge in [-0.3, -0.25) is 9.78 Å². The highest BCUT2D eigenvalue weighted by atomic mass is 35.5. The van der Waals surface area contributed by atoms with Crippen molar-refractivity contribution in [1.29, 1.82) is 0 Å². The summed E-state index contributed by atoms with van der Waals surface area (Å²) in [5.41, 5.74) is 2.68. The zero-order valence-corrected chi connectivity index (χ0v) is 15.4. The predicted molar refractivity (Wildman–Crippen MR) is 108 cm³/mol. The van der Waals surface area contributed by atoms with Gasteiger partial charge in [-0.1, -0.05) is 35.9 Å². The molecule has 0 aliphatic carbocycles. The smallest absolute Gasteiger partial charge is 0.252 e. The van der Waals surface area contributed by atoms with Crippen molar-refractivity contribution in [2.75, 3.05) is 0 Å². The van der Waals surface area contributed by atoms with Crippen LogP contribution < -0.4 is 5.32 Å². The Hall–Kier alpha value is -3.31. The summed E-state index contributed by atoms with van der Waals surface area (Å²) in [5, 5.41) is 3.90. The number of carbonyl (C=O) groups is 1. The summed E-state index contributed by atoms with van der Waals surface area (Å²) >= 11 is 6.12. The first-order valence-corrected chi connectivity index (χ1v) is 9.03. The second-order valence-corrected chi connectivity index (χ2v) is 6.64. The van der Waals surface area contributed by atoms with E-state index in [1.807, 2.05) is 18.2 Å². The van der Waals surface area contributed by atoms with Crippen LogP contribution in [0.5, 0.6) is 0 Å². The Morgan fingerprint density at radius 1 is 1.00 bits per heavy atom. The molecular weight excluding hydrogens is 377 g/mol. The molecule has 0 atom stereocenters. The highest BCUT2D eigenvalue weighted by Crippen LogP contribution is 2.26. The Bertz CT molecular complexity index is 1170. The highest BCUT2D eigenvalue weighted by molar-refractivity contribution is 6.31. The molecule has 1 amide bonds. The average Bonchev–Trinajstić information content (AvgIpc) is 2.73. The maximum absolute atomic E-state index is 13.8. The third-order valence-electron chi connectivity index (χ3n) is 4.34. The van der Waals surface area contributed by atoms with Crippen molar-refractivity contribution >= 4 is 28.4 Å². The van der Waals surface area contributed by atoms with Gasteiger partial charge >= 0.3 is 0 Å². The largest absolute Gasteiger partial charge is 0.348 e. The van der Waals surface area contributed by atoms with Crippen LogP contribution in [0.1, 0.15) is 15.9 Å². The molecule has 28 heavy (non-hydrogen) atoms. The lowest BCUT2D eigenvalue weighted by Crippen LogP contribution is -2.23. The molecule has 4 aromatic rings. The molecule has 0 saturated heterocycles. The molecule has 0 unspecified atom stereocenters. The summed E-state index contributed by atoms with van der Waals surface area (Å²) < 4.78 is 13.8. The van der Waals surface area contributed by atoms with Gasteiger partial charge in [-0.25, -0.2) is 9.37 Å². The number of carbonyl (C=O) groups excluding carboxylic acids is 1. The molecule has 4 nitrogen and oxygen atoms in total. The fraction of sp³-hybridized carbons (Fsp3) is 0.0455. The molecule has 0 radical (unpaired) electrons. The number of halogens is 2. The van der Waals surface area contributed by atoms with E-state index in [4.69, 9.17) is 11.6 Å².